The molecule has 1 aromatic carbocycles. The maximum absolute atomic E-state index is 9.98. The van der Waals surface area contributed by atoms with Crippen LogP contribution >= 0.6 is 0 Å². The summed E-state index contributed by atoms with van der Waals surface area (Å²) in [5.74, 6) is 2.29. The quantitative estimate of drug-likeness (QED) is 0.640. The number of anilines is 1. The summed E-state index contributed by atoms with van der Waals surface area (Å²) in [6.45, 7) is 5.51. The SMILES string of the molecule is CN=C(NCc1nc(C)no1)N1CCN(c2ccccc2O)CC1. The van der Waals surface area contributed by atoms with Crippen LogP contribution in [0.25, 0.3) is 0 Å². The summed E-state index contributed by atoms with van der Waals surface area (Å²) in [6.07, 6.45) is 0. The van der Waals surface area contributed by atoms with Gasteiger partial charge in [-0.3, -0.25) is 4.99 Å². The fourth-order valence-electron chi connectivity index (χ4n) is 2.79. The van der Waals surface area contributed by atoms with E-state index in [2.05, 4.69) is 30.2 Å². The summed E-state index contributed by atoms with van der Waals surface area (Å²) in [4.78, 5) is 12.9. The number of rotatable bonds is 3. The smallest absolute Gasteiger partial charge is 0.246 e. The van der Waals surface area contributed by atoms with E-state index in [4.69, 9.17) is 4.52 Å². The second-order valence-electron chi connectivity index (χ2n) is 5.60. The van der Waals surface area contributed by atoms with Crippen molar-refractivity contribution in [3.8, 4) is 5.75 Å². The summed E-state index contributed by atoms with van der Waals surface area (Å²) < 4.78 is 5.10. The van der Waals surface area contributed by atoms with Crippen molar-refractivity contribution in [2.75, 3.05) is 38.1 Å². The van der Waals surface area contributed by atoms with E-state index in [1.807, 2.05) is 18.2 Å². The first-order valence-corrected chi connectivity index (χ1v) is 7.95. The first kappa shape index (κ1) is 16.1. The van der Waals surface area contributed by atoms with Crippen LogP contribution in [0.3, 0.4) is 0 Å². The van der Waals surface area contributed by atoms with Crippen LogP contribution in [0.2, 0.25) is 0 Å². The van der Waals surface area contributed by atoms with E-state index in [0.29, 0.717) is 24.0 Å². The molecule has 0 atom stereocenters. The third kappa shape index (κ3) is 3.58. The molecule has 2 N–H and O–H groups in total. The van der Waals surface area contributed by atoms with E-state index in [1.54, 1.807) is 20.0 Å². The Hall–Kier alpha value is -2.77. The topological polar surface area (TPSA) is 90.0 Å². The highest BCUT2D eigenvalue weighted by atomic mass is 16.5. The van der Waals surface area contributed by atoms with Crippen molar-refractivity contribution in [3.05, 3.63) is 36.0 Å². The van der Waals surface area contributed by atoms with Crippen LogP contribution < -0.4 is 10.2 Å². The van der Waals surface area contributed by atoms with E-state index in [1.165, 1.54) is 0 Å². The zero-order valence-electron chi connectivity index (χ0n) is 13.9. The van der Waals surface area contributed by atoms with Gasteiger partial charge in [0.1, 0.15) is 5.75 Å². The van der Waals surface area contributed by atoms with Gasteiger partial charge >= 0.3 is 0 Å². The second kappa shape index (κ2) is 7.20. The molecule has 0 unspecified atom stereocenters. The Bertz CT molecular complexity index is 706. The minimum atomic E-state index is 0.320. The number of aliphatic imine (C=N–C) groups is 1. The van der Waals surface area contributed by atoms with Gasteiger partial charge in [-0.1, -0.05) is 17.3 Å². The van der Waals surface area contributed by atoms with Crippen molar-refractivity contribution < 1.29 is 9.63 Å². The Morgan fingerprint density at radius 3 is 2.67 bits per heavy atom. The normalized spacial score (nSPS) is 15.7. The van der Waals surface area contributed by atoms with Crippen LogP contribution in [-0.4, -0.2) is 59.3 Å². The van der Waals surface area contributed by atoms with Crippen molar-refractivity contribution in [2.45, 2.75) is 13.5 Å². The van der Waals surface area contributed by atoms with Crippen LogP contribution in [-0.2, 0) is 6.54 Å². The maximum Gasteiger partial charge on any atom is 0.246 e. The molecule has 1 saturated heterocycles. The molecule has 0 bridgehead atoms. The molecule has 1 aliphatic heterocycles. The molecular formula is C16H22N6O2. The van der Waals surface area contributed by atoms with Gasteiger partial charge in [0.2, 0.25) is 5.89 Å². The first-order valence-electron chi connectivity index (χ1n) is 7.95. The van der Waals surface area contributed by atoms with Gasteiger partial charge in [0.05, 0.1) is 12.2 Å². The monoisotopic (exact) mass is 330 g/mol. The molecule has 0 spiro atoms. The Kier molecular flexibility index (Phi) is 4.83. The number of benzene rings is 1. The molecule has 8 heteroatoms. The number of nitrogens with zero attached hydrogens (tertiary/aromatic N) is 5. The van der Waals surface area contributed by atoms with Crippen LogP contribution in [0.15, 0.2) is 33.8 Å². The van der Waals surface area contributed by atoms with Crippen LogP contribution in [0.1, 0.15) is 11.7 Å². The van der Waals surface area contributed by atoms with Crippen molar-refractivity contribution in [1.29, 1.82) is 0 Å². The molecule has 3 rings (SSSR count). The lowest BCUT2D eigenvalue weighted by molar-refractivity contribution is 0.352. The lowest BCUT2D eigenvalue weighted by Crippen LogP contribution is -2.52. The Labute approximate surface area is 140 Å². The predicted octanol–water partition coefficient (Wildman–Crippen LogP) is 0.981. The number of phenolic OH excluding ortho intramolecular Hbond substituents is 1. The van der Waals surface area contributed by atoms with Gasteiger partial charge in [0.25, 0.3) is 0 Å². The number of aryl methyl sites for hydroxylation is 1. The third-order valence-corrected chi connectivity index (χ3v) is 3.98. The molecule has 1 aliphatic rings. The van der Waals surface area contributed by atoms with E-state index >= 15 is 0 Å². The lowest BCUT2D eigenvalue weighted by atomic mass is 10.2. The highest BCUT2D eigenvalue weighted by Gasteiger charge is 2.21. The molecule has 0 radical (unpaired) electrons. The number of piperazine rings is 1. The Morgan fingerprint density at radius 2 is 2.04 bits per heavy atom. The van der Waals surface area contributed by atoms with Crippen molar-refractivity contribution in [2.24, 2.45) is 4.99 Å². The molecule has 0 saturated carbocycles. The number of phenols is 1. The molecule has 2 aromatic rings. The van der Waals surface area contributed by atoms with Gasteiger partial charge in [-0.05, 0) is 19.1 Å². The van der Waals surface area contributed by atoms with Crippen LogP contribution in [0.5, 0.6) is 5.75 Å². The second-order valence-corrected chi connectivity index (χ2v) is 5.60. The van der Waals surface area contributed by atoms with Gasteiger partial charge in [-0.2, -0.15) is 4.98 Å². The van der Waals surface area contributed by atoms with E-state index in [0.717, 1.165) is 37.8 Å². The molecule has 2 heterocycles. The molecule has 0 aliphatic carbocycles. The molecule has 128 valence electrons. The number of aromatic nitrogens is 2. The Morgan fingerprint density at radius 1 is 1.29 bits per heavy atom. The molecule has 24 heavy (non-hydrogen) atoms. The molecule has 1 fully saturated rings. The summed E-state index contributed by atoms with van der Waals surface area (Å²) >= 11 is 0. The largest absolute Gasteiger partial charge is 0.506 e. The van der Waals surface area contributed by atoms with Crippen LogP contribution in [0, 0.1) is 6.92 Å². The number of hydrogen-bond acceptors (Lipinski definition) is 6. The highest BCUT2D eigenvalue weighted by molar-refractivity contribution is 5.80. The predicted molar refractivity (Wildman–Crippen MR) is 91.1 cm³/mol. The zero-order valence-corrected chi connectivity index (χ0v) is 13.9. The van der Waals surface area contributed by atoms with Gasteiger partial charge < -0.3 is 24.7 Å². The lowest BCUT2D eigenvalue weighted by Gasteiger charge is -2.37. The minimum absolute atomic E-state index is 0.320. The molecule has 1 aromatic heterocycles. The summed E-state index contributed by atoms with van der Waals surface area (Å²) in [6, 6.07) is 7.43. The van der Waals surface area contributed by atoms with Gasteiger partial charge in [0, 0.05) is 33.2 Å². The summed E-state index contributed by atoms with van der Waals surface area (Å²) in [7, 11) is 1.76. The number of hydrogen-bond donors (Lipinski definition) is 2. The Balaban J connectivity index is 1.55. The number of nitrogens with one attached hydrogen (secondary N) is 1. The maximum atomic E-state index is 9.98. The number of para-hydroxylation sites is 2. The average Bonchev–Trinajstić information content (AvgIpc) is 3.02. The number of aromatic hydroxyl groups is 1. The fraction of sp³-hybridized carbons (Fsp3) is 0.438. The molecular weight excluding hydrogens is 308 g/mol. The first-order chi connectivity index (χ1) is 11.7. The van der Waals surface area contributed by atoms with Crippen molar-refractivity contribution in [1.82, 2.24) is 20.4 Å². The van der Waals surface area contributed by atoms with Gasteiger partial charge in [-0.25, -0.2) is 0 Å². The zero-order chi connectivity index (χ0) is 16.9. The molecule has 0 amide bonds. The molecule has 8 nitrogen and oxygen atoms in total. The van der Waals surface area contributed by atoms with Crippen molar-refractivity contribution >= 4 is 11.6 Å². The highest BCUT2D eigenvalue weighted by Crippen LogP contribution is 2.27. The standard InChI is InChI=1S/C16H22N6O2/c1-12-19-15(24-20-12)11-18-16(17-2)22-9-7-21(8-10-22)13-5-3-4-6-14(13)23/h3-6,23H,7-11H2,1-2H3,(H,17,18). The van der Waals surface area contributed by atoms with Crippen molar-refractivity contribution in [3.63, 3.8) is 0 Å². The van der Waals surface area contributed by atoms with E-state index in [9.17, 15) is 5.11 Å². The fourth-order valence-corrected chi connectivity index (χ4v) is 2.79. The average molecular weight is 330 g/mol. The van der Waals surface area contributed by atoms with E-state index in [-0.39, 0.29) is 0 Å². The van der Waals surface area contributed by atoms with E-state index < -0.39 is 0 Å². The minimum Gasteiger partial charge on any atom is -0.506 e. The third-order valence-electron chi connectivity index (χ3n) is 3.98. The van der Waals surface area contributed by atoms with Crippen LogP contribution in [0.4, 0.5) is 5.69 Å². The van der Waals surface area contributed by atoms with Gasteiger partial charge in [-0.15, -0.1) is 0 Å². The number of guanidine groups is 1. The summed E-state index contributed by atoms with van der Waals surface area (Å²) in [5, 5.41) is 17.0. The van der Waals surface area contributed by atoms with Gasteiger partial charge in [0.15, 0.2) is 11.8 Å². The summed E-state index contributed by atoms with van der Waals surface area (Å²) in [5.41, 5.74) is 0.876.